The van der Waals surface area contributed by atoms with E-state index in [4.69, 9.17) is 9.84 Å². The molecule has 1 aromatic rings. The van der Waals surface area contributed by atoms with E-state index in [9.17, 15) is 0 Å². The van der Waals surface area contributed by atoms with Gasteiger partial charge in [-0.2, -0.15) is 0 Å². The maximum atomic E-state index is 8.23. The minimum Gasteiger partial charge on any atom is -0.496 e. The third-order valence-electron chi connectivity index (χ3n) is 1.23. The SMILES string of the molecule is COc1cccc([N+]#CO)c1. The van der Waals surface area contributed by atoms with Gasteiger partial charge in [0.25, 0.3) is 0 Å². The number of aliphatic hydroxyl groups is 1. The minimum atomic E-state index is 0.617. The Bertz CT molecular complexity index is 298. The zero-order valence-corrected chi connectivity index (χ0v) is 6.11. The normalized spacial score (nSPS) is 8.09. The van der Waals surface area contributed by atoms with Crippen molar-refractivity contribution < 1.29 is 9.84 Å². The van der Waals surface area contributed by atoms with Gasteiger partial charge in [0, 0.05) is 10.9 Å². The molecule has 0 spiro atoms. The first kappa shape index (κ1) is 7.42. The van der Waals surface area contributed by atoms with Crippen LogP contribution < -0.4 is 4.74 Å². The van der Waals surface area contributed by atoms with Crippen molar-refractivity contribution in [2.45, 2.75) is 0 Å². The van der Waals surface area contributed by atoms with Gasteiger partial charge in [0.05, 0.1) is 13.2 Å². The highest BCUT2D eigenvalue weighted by atomic mass is 16.5. The Kier molecular flexibility index (Phi) is 2.34. The molecule has 0 heterocycles. The summed E-state index contributed by atoms with van der Waals surface area (Å²) < 4.78 is 4.93. The van der Waals surface area contributed by atoms with Crippen LogP contribution in [0.1, 0.15) is 0 Å². The van der Waals surface area contributed by atoms with E-state index in [1.165, 1.54) is 0 Å². The van der Waals surface area contributed by atoms with Gasteiger partial charge in [0.1, 0.15) is 5.75 Å². The predicted molar refractivity (Wildman–Crippen MR) is 41.8 cm³/mol. The molecule has 1 aromatic carbocycles. The van der Waals surface area contributed by atoms with Crippen LogP contribution in [0.5, 0.6) is 5.75 Å². The summed E-state index contributed by atoms with van der Waals surface area (Å²) in [6.45, 7) is 0. The molecule has 0 fully saturated rings. The van der Waals surface area contributed by atoms with Crippen LogP contribution in [0.15, 0.2) is 24.3 Å². The molecule has 3 nitrogen and oxygen atoms in total. The summed E-state index contributed by atoms with van der Waals surface area (Å²) in [6, 6.07) is 7.03. The van der Waals surface area contributed by atoms with E-state index < -0.39 is 0 Å². The summed E-state index contributed by atoms with van der Waals surface area (Å²) in [7, 11) is 1.57. The van der Waals surface area contributed by atoms with Crippen LogP contribution >= 0.6 is 0 Å². The molecule has 3 heteroatoms. The van der Waals surface area contributed by atoms with Crippen molar-refractivity contribution in [3.8, 4) is 12.0 Å². The molecule has 0 atom stereocenters. The van der Waals surface area contributed by atoms with Gasteiger partial charge in [-0.15, -0.1) is 0 Å². The van der Waals surface area contributed by atoms with Gasteiger partial charge in [-0.3, -0.25) is 0 Å². The molecule has 11 heavy (non-hydrogen) atoms. The van der Waals surface area contributed by atoms with Gasteiger partial charge in [0.15, 0.2) is 0 Å². The smallest absolute Gasteiger partial charge is 0.496 e. The molecule has 1 N–H and O–H groups in total. The standard InChI is InChI=1S/C8H7NO2/c1-11-8-4-2-3-7(5-8)9-6-10/h2-5H,1H3/p+1. The lowest BCUT2D eigenvalue weighted by Crippen LogP contribution is -1.79. The van der Waals surface area contributed by atoms with Crippen molar-refractivity contribution in [2.75, 3.05) is 7.11 Å². The van der Waals surface area contributed by atoms with Crippen LogP contribution in [0.25, 0.3) is 4.85 Å². The zero-order chi connectivity index (χ0) is 8.10. The van der Waals surface area contributed by atoms with Crippen molar-refractivity contribution in [3.63, 3.8) is 0 Å². The maximum absolute atomic E-state index is 8.23. The molecule has 0 aliphatic carbocycles. The van der Waals surface area contributed by atoms with Gasteiger partial charge in [0.2, 0.25) is 0 Å². The monoisotopic (exact) mass is 150 g/mol. The fourth-order valence-electron chi connectivity index (χ4n) is 0.738. The number of rotatable bonds is 1. The zero-order valence-electron chi connectivity index (χ0n) is 6.11. The Morgan fingerprint density at radius 2 is 2.36 bits per heavy atom. The molecule has 0 saturated heterocycles. The van der Waals surface area contributed by atoms with Crippen LogP contribution in [0, 0.1) is 6.26 Å². The minimum absolute atomic E-state index is 0.617. The molecule has 0 amide bonds. The lowest BCUT2D eigenvalue weighted by atomic mass is 10.3. The number of benzene rings is 1. The van der Waals surface area contributed by atoms with Crippen molar-refractivity contribution in [1.82, 2.24) is 0 Å². The number of hydrogen-bond acceptors (Lipinski definition) is 2. The second-order valence-corrected chi connectivity index (χ2v) is 1.91. The topological polar surface area (TPSA) is 33.8 Å². The third kappa shape index (κ3) is 1.87. The van der Waals surface area contributed by atoms with Gasteiger partial charge in [-0.05, 0) is 6.07 Å². The second-order valence-electron chi connectivity index (χ2n) is 1.91. The summed E-state index contributed by atoms with van der Waals surface area (Å²) in [5.41, 5.74) is 0.617. The average molecular weight is 150 g/mol. The molecule has 0 radical (unpaired) electrons. The van der Waals surface area contributed by atoms with Crippen LogP contribution in [0.2, 0.25) is 0 Å². The van der Waals surface area contributed by atoms with E-state index in [1.54, 1.807) is 37.6 Å². The van der Waals surface area contributed by atoms with E-state index in [1.807, 2.05) is 0 Å². The first-order chi connectivity index (χ1) is 5.36. The average Bonchev–Trinajstić information content (AvgIpc) is 2.06. The number of aliphatic hydroxyl groups excluding tert-OH is 1. The number of hydrogen-bond donors (Lipinski definition) is 1. The van der Waals surface area contributed by atoms with Crippen LogP contribution in [-0.2, 0) is 0 Å². The highest BCUT2D eigenvalue weighted by molar-refractivity contribution is 5.49. The second kappa shape index (κ2) is 3.47. The van der Waals surface area contributed by atoms with E-state index in [2.05, 4.69) is 4.85 Å². The Balaban J connectivity index is 2.97. The number of methoxy groups -OCH3 is 1. The molecule has 0 unspecified atom stereocenters. The van der Waals surface area contributed by atoms with Gasteiger partial charge in [-0.25, -0.2) is 0 Å². The highest BCUT2D eigenvalue weighted by Gasteiger charge is 2.01. The van der Waals surface area contributed by atoms with Crippen LogP contribution in [-0.4, -0.2) is 12.2 Å². The van der Waals surface area contributed by atoms with Gasteiger partial charge < -0.3 is 9.84 Å². The highest BCUT2D eigenvalue weighted by Crippen LogP contribution is 2.18. The molecular formula is C8H8NO2+. The molecule has 0 aromatic heterocycles. The summed E-state index contributed by atoms with van der Waals surface area (Å²) in [4.78, 5) is 3.54. The van der Waals surface area contributed by atoms with E-state index >= 15 is 0 Å². The molecule has 0 aliphatic heterocycles. The fourth-order valence-corrected chi connectivity index (χ4v) is 0.738. The molecule has 1 rings (SSSR count). The number of nitrogens with zero attached hydrogens (tertiary/aromatic N) is 1. The Hall–Kier alpha value is -1.69. The first-order valence-electron chi connectivity index (χ1n) is 3.10. The van der Waals surface area contributed by atoms with E-state index in [-0.39, 0.29) is 0 Å². The van der Waals surface area contributed by atoms with E-state index in [0.717, 1.165) is 0 Å². The lowest BCUT2D eigenvalue weighted by Gasteiger charge is -1.93. The van der Waals surface area contributed by atoms with Crippen molar-refractivity contribution in [1.29, 1.82) is 0 Å². The molecule has 56 valence electrons. The molecular weight excluding hydrogens is 142 g/mol. The van der Waals surface area contributed by atoms with Crippen LogP contribution in [0.3, 0.4) is 0 Å². The lowest BCUT2D eigenvalue weighted by molar-refractivity contribution is 0.415. The largest absolute Gasteiger partial charge is 0.520 e. The van der Waals surface area contributed by atoms with E-state index in [0.29, 0.717) is 11.4 Å². The number of ether oxygens (including phenoxy) is 1. The summed E-state index contributed by atoms with van der Waals surface area (Å²) in [5, 5.41) is 8.23. The van der Waals surface area contributed by atoms with Crippen molar-refractivity contribution in [3.05, 3.63) is 29.1 Å². The quantitative estimate of drug-likeness (QED) is 0.621. The fraction of sp³-hybridized carbons (Fsp3) is 0.125. The summed E-state index contributed by atoms with van der Waals surface area (Å²) >= 11 is 0. The molecule has 0 saturated carbocycles. The first-order valence-corrected chi connectivity index (χ1v) is 3.10. The Morgan fingerprint density at radius 3 is 3.00 bits per heavy atom. The Labute approximate surface area is 64.7 Å². The molecule has 0 bridgehead atoms. The third-order valence-corrected chi connectivity index (χ3v) is 1.23. The van der Waals surface area contributed by atoms with Crippen LogP contribution in [0.4, 0.5) is 5.69 Å². The van der Waals surface area contributed by atoms with Gasteiger partial charge in [-0.1, -0.05) is 6.07 Å². The van der Waals surface area contributed by atoms with Crippen molar-refractivity contribution >= 4 is 5.69 Å². The maximum Gasteiger partial charge on any atom is 0.520 e. The summed E-state index contributed by atoms with van der Waals surface area (Å²) in [5.74, 6) is 0.710. The molecule has 0 aliphatic rings. The van der Waals surface area contributed by atoms with Crippen molar-refractivity contribution in [2.24, 2.45) is 0 Å². The Morgan fingerprint density at radius 1 is 1.55 bits per heavy atom. The predicted octanol–water partition coefficient (Wildman–Crippen LogP) is 1.99. The summed E-state index contributed by atoms with van der Waals surface area (Å²) in [6.07, 6.45) is 1.70. The van der Waals surface area contributed by atoms with Gasteiger partial charge >= 0.3 is 11.9 Å².